The molecule has 1 saturated heterocycles. The number of aromatic nitrogens is 3. The Bertz CT molecular complexity index is 1100. The molecular weight excluding hydrogens is 386 g/mol. The summed E-state index contributed by atoms with van der Waals surface area (Å²) in [6, 6.07) is 14.4. The fraction of sp³-hybridized carbons (Fsp3) is 0.480. The average molecular weight is 418 g/mol. The summed E-state index contributed by atoms with van der Waals surface area (Å²) < 4.78 is 2.12. The molecule has 5 rings (SSSR count). The van der Waals surface area contributed by atoms with Crippen molar-refractivity contribution in [2.45, 2.75) is 39.2 Å². The van der Waals surface area contributed by atoms with Gasteiger partial charge >= 0.3 is 0 Å². The third-order valence-electron chi connectivity index (χ3n) is 7.22. The zero-order valence-corrected chi connectivity index (χ0v) is 18.5. The van der Waals surface area contributed by atoms with Crippen molar-refractivity contribution in [3.05, 3.63) is 59.7 Å². The number of nitrogens with one attached hydrogen (secondary N) is 1. The molecule has 1 aliphatic heterocycles. The number of hydrogen-bond donors (Lipinski definition) is 1. The van der Waals surface area contributed by atoms with E-state index >= 15 is 0 Å². The van der Waals surface area contributed by atoms with Gasteiger partial charge in [-0.25, -0.2) is 4.98 Å². The Balaban J connectivity index is 1.09. The molecule has 1 saturated carbocycles. The molecule has 3 aromatic rings. The number of benzene rings is 1. The van der Waals surface area contributed by atoms with E-state index in [2.05, 4.69) is 38.0 Å². The molecular formula is C25H31N5O. The van der Waals surface area contributed by atoms with E-state index in [0.717, 1.165) is 73.6 Å². The number of pyridine rings is 1. The number of likely N-dealkylation sites (tertiary alicyclic amines) is 1. The lowest BCUT2D eigenvalue weighted by Crippen LogP contribution is -2.37. The maximum Gasteiger partial charge on any atom is 0.223 e. The second-order valence-corrected chi connectivity index (χ2v) is 9.28. The number of imidazole rings is 1. The summed E-state index contributed by atoms with van der Waals surface area (Å²) >= 11 is 0. The molecule has 162 valence electrons. The lowest BCUT2D eigenvalue weighted by Gasteiger charge is -2.32. The van der Waals surface area contributed by atoms with Crippen LogP contribution in [0.5, 0.6) is 0 Å². The van der Waals surface area contributed by atoms with Crippen LogP contribution < -0.4 is 5.32 Å². The predicted molar refractivity (Wildman–Crippen MR) is 121 cm³/mol. The number of aryl methyl sites for hydroxylation is 2. The minimum atomic E-state index is 0.187. The Morgan fingerprint density at radius 3 is 2.71 bits per heavy atom. The Morgan fingerprint density at radius 2 is 1.94 bits per heavy atom. The van der Waals surface area contributed by atoms with Crippen molar-refractivity contribution in [2.75, 3.05) is 19.6 Å². The third-order valence-corrected chi connectivity index (χ3v) is 7.22. The first kappa shape index (κ1) is 20.2. The maximum atomic E-state index is 12.8. The Morgan fingerprint density at radius 1 is 1.13 bits per heavy atom. The van der Waals surface area contributed by atoms with Gasteiger partial charge in [-0.1, -0.05) is 18.2 Å². The summed E-state index contributed by atoms with van der Waals surface area (Å²) in [6.07, 6.45) is 4.03. The van der Waals surface area contributed by atoms with Crippen LogP contribution in [0.1, 0.15) is 36.5 Å². The highest BCUT2D eigenvalue weighted by molar-refractivity contribution is 5.82. The molecule has 1 aliphatic carbocycles. The van der Waals surface area contributed by atoms with Gasteiger partial charge in [0, 0.05) is 38.2 Å². The largest absolute Gasteiger partial charge is 0.355 e. The van der Waals surface area contributed by atoms with Crippen molar-refractivity contribution in [3.8, 4) is 0 Å². The van der Waals surface area contributed by atoms with Crippen LogP contribution in [0, 0.1) is 18.3 Å². The van der Waals surface area contributed by atoms with Gasteiger partial charge in [-0.3, -0.25) is 14.7 Å². The summed E-state index contributed by atoms with van der Waals surface area (Å²) in [5.74, 6) is 1.44. The molecule has 1 unspecified atom stereocenters. The van der Waals surface area contributed by atoms with Gasteiger partial charge in [-0.05, 0) is 69.0 Å². The molecule has 0 radical (unpaired) electrons. The number of hydrogen-bond acceptors (Lipinski definition) is 4. The van der Waals surface area contributed by atoms with Crippen molar-refractivity contribution in [2.24, 2.45) is 18.4 Å². The Kier molecular flexibility index (Phi) is 5.26. The van der Waals surface area contributed by atoms with Gasteiger partial charge < -0.3 is 9.88 Å². The number of fused-ring (bicyclic) bond motifs is 1. The van der Waals surface area contributed by atoms with E-state index < -0.39 is 0 Å². The molecule has 0 bridgehead atoms. The highest BCUT2D eigenvalue weighted by Gasteiger charge is 2.58. The van der Waals surface area contributed by atoms with Crippen molar-refractivity contribution >= 4 is 16.9 Å². The number of rotatable bonds is 6. The number of para-hydroxylation sites is 2. The Hall–Kier alpha value is -2.73. The highest BCUT2D eigenvalue weighted by atomic mass is 16.2. The standard InChI is InChI=1S/C25H31N5O/c1-18-6-5-7-19(27-18)17-30-14-11-25(12-15-30)16-20(25)24(31)26-13-10-23-28-21-8-3-4-9-22(21)29(23)2/h3-9,20H,10-17H2,1-2H3,(H,26,31). The van der Waals surface area contributed by atoms with Crippen molar-refractivity contribution in [1.82, 2.24) is 24.8 Å². The van der Waals surface area contributed by atoms with E-state index in [4.69, 9.17) is 4.98 Å². The fourth-order valence-electron chi connectivity index (χ4n) is 5.18. The first-order chi connectivity index (χ1) is 15.0. The van der Waals surface area contributed by atoms with E-state index in [1.54, 1.807) is 0 Å². The van der Waals surface area contributed by atoms with E-state index in [1.165, 1.54) is 0 Å². The van der Waals surface area contributed by atoms with Crippen LogP contribution in [0.3, 0.4) is 0 Å². The summed E-state index contributed by atoms with van der Waals surface area (Å²) in [4.78, 5) is 24.6. The second kappa shape index (κ2) is 8.08. The second-order valence-electron chi connectivity index (χ2n) is 9.28. The molecule has 1 amide bonds. The molecule has 1 aromatic carbocycles. The molecule has 6 nitrogen and oxygen atoms in total. The number of nitrogens with zero attached hydrogens (tertiary/aromatic N) is 4. The molecule has 2 aromatic heterocycles. The molecule has 6 heteroatoms. The van der Waals surface area contributed by atoms with Crippen LogP contribution in [0.15, 0.2) is 42.5 Å². The number of carbonyl (C=O) groups is 1. The first-order valence-electron chi connectivity index (χ1n) is 11.4. The zero-order valence-electron chi connectivity index (χ0n) is 18.5. The van der Waals surface area contributed by atoms with Gasteiger partial charge in [-0.2, -0.15) is 0 Å². The van der Waals surface area contributed by atoms with E-state index in [-0.39, 0.29) is 17.2 Å². The smallest absolute Gasteiger partial charge is 0.223 e. The highest BCUT2D eigenvalue weighted by Crippen LogP contribution is 2.59. The van der Waals surface area contributed by atoms with E-state index in [0.29, 0.717) is 6.54 Å². The van der Waals surface area contributed by atoms with Gasteiger partial charge in [0.2, 0.25) is 5.91 Å². The molecule has 2 fully saturated rings. The molecule has 1 N–H and O–H groups in total. The topological polar surface area (TPSA) is 63.1 Å². The minimum absolute atomic E-state index is 0.187. The van der Waals surface area contributed by atoms with Crippen LogP contribution in [-0.2, 0) is 24.8 Å². The van der Waals surface area contributed by atoms with Crippen molar-refractivity contribution in [3.63, 3.8) is 0 Å². The molecule has 31 heavy (non-hydrogen) atoms. The average Bonchev–Trinajstić information content (AvgIpc) is 3.38. The van der Waals surface area contributed by atoms with Gasteiger partial charge in [0.25, 0.3) is 0 Å². The number of piperidine rings is 1. The van der Waals surface area contributed by atoms with E-state index in [9.17, 15) is 4.79 Å². The monoisotopic (exact) mass is 417 g/mol. The summed E-state index contributed by atoms with van der Waals surface area (Å²) in [7, 11) is 2.04. The summed E-state index contributed by atoms with van der Waals surface area (Å²) in [6.45, 7) is 5.71. The maximum absolute atomic E-state index is 12.8. The summed E-state index contributed by atoms with van der Waals surface area (Å²) in [5, 5.41) is 3.18. The SMILES string of the molecule is Cc1cccc(CN2CCC3(CC2)CC3C(=O)NCCc2nc3ccccc3n2C)n1. The first-order valence-corrected chi connectivity index (χ1v) is 11.4. The van der Waals surface area contributed by atoms with Crippen LogP contribution >= 0.6 is 0 Å². The van der Waals surface area contributed by atoms with Crippen LogP contribution in [0.2, 0.25) is 0 Å². The molecule has 1 atom stereocenters. The minimum Gasteiger partial charge on any atom is -0.355 e. The number of amides is 1. The Labute approximate surface area is 183 Å². The quantitative estimate of drug-likeness (QED) is 0.669. The van der Waals surface area contributed by atoms with E-state index in [1.807, 2.05) is 38.2 Å². The zero-order chi connectivity index (χ0) is 21.4. The van der Waals surface area contributed by atoms with Crippen molar-refractivity contribution < 1.29 is 4.79 Å². The lowest BCUT2D eigenvalue weighted by atomic mass is 9.90. The molecule has 2 aliphatic rings. The molecule has 3 heterocycles. The lowest BCUT2D eigenvalue weighted by molar-refractivity contribution is -0.123. The molecule has 1 spiro atoms. The summed E-state index contributed by atoms with van der Waals surface area (Å²) in [5.41, 5.74) is 4.60. The van der Waals surface area contributed by atoms with Gasteiger partial charge in [0.15, 0.2) is 0 Å². The number of carbonyl (C=O) groups excluding carboxylic acids is 1. The third kappa shape index (κ3) is 4.09. The van der Waals surface area contributed by atoms with Crippen LogP contribution in [0.4, 0.5) is 0 Å². The van der Waals surface area contributed by atoms with Crippen LogP contribution in [0.25, 0.3) is 11.0 Å². The van der Waals surface area contributed by atoms with Gasteiger partial charge in [-0.15, -0.1) is 0 Å². The van der Waals surface area contributed by atoms with Gasteiger partial charge in [0.05, 0.1) is 16.7 Å². The normalized spacial score (nSPS) is 20.3. The van der Waals surface area contributed by atoms with Gasteiger partial charge in [0.1, 0.15) is 5.82 Å². The van der Waals surface area contributed by atoms with Crippen molar-refractivity contribution in [1.29, 1.82) is 0 Å². The fourth-order valence-corrected chi connectivity index (χ4v) is 5.18. The predicted octanol–water partition coefficient (Wildman–Crippen LogP) is 3.24. The van der Waals surface area contributed by atoms with Crippen LogP contribution in [-0.4, -0.2) is 45.0 Å².